The summed E-state index contributed by atoms with van der Waals surface area (Å²) in [5, 5.41) is 10.3. The highest BCUT2D eigenvalue weighted by Gasteiger charge is 2.19. The van der Waals surface area contributed by atoms with E-state index < -0.39 is 6.10 Å². The van der Waals surface area contributed by atoms with Gasteiger partial charge in [-0.3, -0.25) is 9.69 Å². The van der Waals surface area contributed by atoms with Crippen molar-refractivity contribution in [1.82, 2.24) is 9.80 Å². The van der Waals surface area contributed by atoms with Crippen LogP contribution in [-0.4, -0.2) is 53.5 Å². The average Bonchev–Trinajstić information content (AvgIpc) is 2.55. The summed E-state index contributed by atoms with van der Waals surface area (Å²) in [6.45, 7) is 3.70. The van der Waals surface area contributed by atoms with Crippen molar-refractivity contribution in [3.8, 4) is 0 Å². The standard InChI is InChI=1S/C18H22N2O2/c21-14-15-4-3-8-19(10-15)12-18(22)13-20-9-7-16-5-1-2-6-17(16)11-20/h1-6,8,14,18,22H,7,9-13H2. The Morgan fingerprint density at radius 2 is 2.00 bits per heavy atom. The molecule has 2 aliphatic heterocycles. The highest BCUT2D eigenvalue weighted by molar-refractivity contribution is 5.74. The molecule has 0 saturated carbocycles. The first-order chi connectivity index (χ1) is 10.7. The molecule has 4 heteroatoms. The fraction of sp³-hybridized carbons (Fsp3) is 0.389. The number of allylic oxidation sites excluding steroid dienone is 2. The van der Waals surface area contributed by atoms with E-state index in [2.05, 4.69) is 29.2 Å². The van der Waals surface area contributed by atoms with Crippen LogP contribution in [-0.2, 0) is 17.8 Å². The summed E-state index contributed by atoms with van der Waals surface area (Å²) < 4.78 is 0. The van der Waals surface area contributed by atoms with Gasteiger partial charge >= 0.3 is 0 Å². The monoisotopic (exact) mass is 298 g/mol. The number of rotatable bonds is 5. The average molecular weight is 298 g/mol. The van der Waals surface area contributed by atoms with E-state index in [1.165, 1.54) is 11.1 Å². The second-order valence-corrected chi connectivity index (χ2v) is 6.04. The van der Waals surface area contributed by atoms with Gasteiger partial charge in [0.25, 0.3) is 0 Å². The van der Waals surface area contributed by atoms with Crippen molar-refractivity contribution in [2.24, 2.45) is 0 Å². The van der Waals surface area contributed by atoms with Crippen LogP contribution in [0.4, 0.5) is 0 Å². The number of β-amino-alcohol motifs (C(OH)–C–C–N with tert-alkyl or cyclic N) is 1. The second-order valence-electron chi connectivity index (χ2n) is 6.04. The van der Waals surface area contributed by atoms with Crippen molar-refractivity contribution < 1.29 is 9.90 Å². The van der Waals surface area contributed by atoms with Gasteiger partial charge in [0.15, 0.2) is 0 Å². The van der Waals surface area contributed by atoms with Gasteiger partial charge in [-0.05, 0) is 29.8 Å². The largest absolute Gasteiger partial charge is 0.390 e. The molecule has 3 rings (SSSR count). The Morgan fingerprint density at radius 3 is 2.82 bits per heavy atom. The molecule has 1 atom stereocenters. The zero-order valence-corrected chi connectivity index (χ0v) is 12.7. The molecule has 22 heavy (non-hydrogen) atoms. The first kappa shape index (κ1) is 15.0. The molecule has 0 amide bonds. The normalized spacial score (nSPS) is 19.5. The third-order valence-corrected chi connectivity index (χ3v) is 4.27. The van der Waals surface area contributed by atoms with Crippen LogP contribution < -0.4 is 0 Å². The number of aliphatic hydroxyl groups excluding tert-OH is 1. The molecule has 1 aromatic carbocycles. The van der Waals surface area contributed by atoms with Gasteiger partial charge in [-0.15, -0.1) is 0 Å². The van der Waals surface area contributed by atoms with Crippen LogP contribution in [0.25, 0.3) is 0 Å². The Kier molecular flexibility index (Phi) is 4.71. The Bertz CT molecular complexity index is 595. The van der Waals surface area contributed by atoms with Crippen LogP contribution in [0.3, 0.4) is 0 Å². The van der Waals surface area contributed by atoms with Crippen molar-refractivity contribution in [1.29, 1.82) is 0 Å². The van der Waals surface area contributed by atoms with Crippen molar-refractivity contribution in [2.75, 3.05) is 26.2 Å². The van der Waals surface area contributed by atoms with E-state index in [1.807, 2.05) is 23.3 Å². The molecule has 0 spiro atoms. The molecule has 1 N–H and O–H groups in total. The van der Waals surface area contributed by atoms with Crippen LogP contribution in [0, 0.1) is 0 Å². The summed E-state index contributed by atoms with van der Waals surface area (Å²) in [6, 6.07) is 8.52. The van der Waals surface area contributed by atoms with Crippen molar-refractivity contribution in [3.63, 3.8) is 0 Å². The topological polar surface area (TPSA) is 43.8 Å². The number of aliphatic hydroxyl groups is 1. The molecule has 0 fully saturated rings. The number of nitrogens with zero attached hydrogens (tertiary/aromatic N) is 2. The van der Waals surface area contributed by atoms with E-state index in [-0.39, 0.29) is 0 Å². The predicted molar refractivity (Wildman–Crippen MR) is 86.3 cm³/mol. The van der Waals surface area contributed by atoms with Gasteiger partial charge in [-0.1, -0.05) is 30.3 Å². The SMILES string of the molecule is O=CC1=CC=CN(CC(O)CN2CCc3ccccc3C2)C1. The highest BCUT2D eigenvalue weighted by atomic mass is 16.3. The number of aldehydes is 1. The zero-order chi connectivity index (χ0) is 15.4. The molecule has 0 aliphatic carbocycles. The van der Waals surface area contributed by atoms with Crippen LogP contribution in [0.1, 0.15) is 11.1 Å². The van der Waals surface area contributed by atoms with E-state index in [4.69, 9.17) is 0 Å². The van der Waals surface area contributed by atoms with E-state index in [1.54, 1.807) is 0 Å². The molecule has 1 unspecified atom stereocenters. The number of carbonyl (C=O) groups excluding carboxylic acids is 1. The molecule has 1 aromatic rings. The third kappa shape index (κ3) is 3.64. The molecule has 0 radical (unpaired) electrons. The number of benzene rings is 1. The minimum atomic E-state index is -0.416. The summed E-state index contributed by atoms with van der Waals surface area (Å²) in [4.78, 5) is 15.1. The molecule has 0 saturated heterocycles. The lowest BCUT2D eigenvalue weighted by Crippen LogP contribution is -2.41. The molecular formula is C18H22N2O2. The summed E-state index contributed by atoms with van der Waals surface area (Å²) in [6.07, 6.45) is 7.12. The quantitative estimate of drug-likeness (QED) is 0.834. The third-order valence-electron chi connectivity index (χ3n) is 4.27. The minimum Gasteiger partial charge on any atom is -0.390 e. The van der Waals surface area contributed by atoms with Gasteiger partial charge in [-0.2, -0.15) is 0 Å². The molecular weight excluding hydrogens is 276 g/mol. The first-order valence-corrected chi connectivity index (χ1v) is 7.78. The summed E-state index contributed by atoms with van der Waals surface area (Å²) in [5.41, 5.74) is 3.54. The first-order valence-electron chi connectivity index (χ1n) is 7.78. The van der Waals surface area contributed by atoms with Gasteiger partial charge < -0.3 is 10.0 Å². The van der Waals surface area contributed by atoms with Gasteiger partial charge in [-0.25, -0.2) is 0 Å². The van der Waals surface area contributed by atoms with E-state index in [0.29, 0.717) is 19.6 Å². The molecule has 0 bridgehead atoms. The van der Waals surface area contributed by atoms with Crippen LogP contribution >= 0.6 is 0 Å². The maximum Gasteiger partial charge on any atom is 0.147 e. The minimum absolute atomic E-state index is 0.416. The summed E-state index contributed by atoms with van der Waals surface area (Å²) in [5.74, 6) is 0. The summed E-state index contributed by atoms with van der Waals surface area (Å²) in [7, 11) is 0. The smallest absolute Gasteiger partial charge is 0.147 e. The molecule has 0 aromatic heterocycles. The van der Waals surface area contributed by atoms with Gasteiger partial charge in [0.2, 0.25) is 0 Å². The molecule has 116 valence electrons. The Hall–Kier alpha value is -1.91. The fourth-order valence-electron chi connectivity index (χ4n) is 3.17. The Morgan fingerprint density at radius 1 is 1.18 bits per heavy atom. The highest BCUT2D eigenvalue weighted by Crippen LogP contribution is 2.18. The van der Waals surface area contributed by atoms with Gasteiger partial charge in [0.1, 0.15) is 6.29 Å². The van der Waals surface area contributed by atoms with Crippen LogP contribution in [0.5, 0.6) is 0 Å². The fourth-order valence-corrected chi connectivity index (χ4v) is 3.17. The number of carbonyl (C=O) groups is 1. The van der Waals surface area contributed by atoms with E-state index >= 15 is 0 Å². The lowest BCUT2D eigenvalue weighted by molar-refractivity contribution is -0.105. The van der Waals surface area contributed by atoms with Crippen molar-refractivity contribution >= 4 is 6.29 Å². The van der Waals surface area contributed by atoms with Crippen molar-refractivity contribution in [2.45, 2.75) is 19.1 Å². The van der Waals surface area contributed by atoms with E-state index in [9.17, 15) is 9.90 Å². The Balaban J connectivity index is 1.51. The van der Waals surface area contributed by atoms with Crippen LogP contribution in [0.15, 0.2) is 48.2 Å². The lowest BCUT2D eigenvalue weighted by atomic mass is 10.00. The van der Waals surface area contributed by atoms with Gasteiger partial charge in [0, 0.05) is 38.3 Å². The summed E-state index contributed by atoms with van der Waals surface area (Å²) >= 11 is 0. The number of fused-ring (bicyclic) bond motifs is 1. The van der Waals surface area contributed by atoms with Crippen molar-refractivity contribution in [3.05, 3.63) is 59.3 Å². The maximum absolute atomic E-state index is 10.8. The maximum atomic E-state index is 10.8. The van der Waals surface area contributed by atoms with Crippen LogP contribution in [0.2, 0.25) is 0 Å². The van der Waals surface area contributed by atoms with Gasteiger partial charge in [0.05, 0.1) is 6.10 Å². The second kappa shape index (κ2) is 6.90. The predicted octanol–water partition coefficient (Wildman–Crippen LogP) is 1.36. The lowest BCUT2D eigenvalue weighted by Gasteiger charge is -2.32. The Labute approximate surface area is 131 Å². The molecule has 4 nitrogen and oxygen atoms in total. The van der Waals surface area contributed by atoms with E-state index in [0.717, 1.165) is 31.4 Å². The molecule has 2 heterocycles. The number of hydrogen-bond donors (Lipinski definition) is 1. The molecule has 2 aliphatic rings. The zero-order valence-electron chi connectivity index (χ0n) is 12.7. The number of hydrogen-bond acceptors (Lipinski definition) is 4.